The molecular formula is C14H16O2. The van der Waals surface area contributed by atoms with Gasteiger partial charge in [0.25, 0.3) is 0 Å². The summed E-state index contributed by atoms with van der Waals surface area (Å²) in [5.41, 5.74) is 1.31. The van der Waals surface area contributed by atoms with Crippen LogP contribution in [0.25, 0.3) is 0 Å². The van der Waals surface area contributed by atoms with Gasteiger partial charge in [-0.2, -0.15) is 0 Å². The van der Waals surface area contributed by atoms with Crippen molar-refractivity contribution in [3.05, 3.63) is 53.8 Å². The summed E-state index contributed by atoms with van der Waals surface area (Å²) >= 11 is 0. The van der Waals surface area contributed by atoms with Gasteiger partial charge in [0.15, 0.2) is 0 Å². The smallest absolute Gasteiger partial charge is 0.118 e. The SMILES string of the molecule is COC1=CCC(c2ccc(OC)cc2)C=C1. The standard InChI is InChI=1S/C14H16O2/c1-15-13-7-3-11(4-8-13)12-5-9-14(16-2)10-6-12/h3-5,7-10,12H,6H2,1-2H3. The van der Waals surface area contributed by atoms with E-state index in [9.17, 15) is 0 Å². The largest absolute Gasteiger partial charge is 0.497 e. The number of hydrogen-bond donors (Lipinski definition) is 0. The van der Waals surface area contributed by atoms with Crippen LogP contribution >= 0.6 is 0 Å². The first-order valence-corrected chi connectivity index (χ1v) is 5.40. The fourth-order valence-electron chi connectivity index (χ4n) is 1.85. The van der Waals surface area contributed by atoms with Crippen LogP contribution in [0.15, 0.2) is 48.3 Å². The predicted octanol–water partition coefficient (Wildman–Crippen LogP) is 3.27. The van der Waals surface area contributed by atoms with Crippen molar-refractivity contribution in [2.45, 2.75) is 12.3 Å². The zero-order valence-electron chi connectivity index (χ0n) is 9.64. The number of ether oxygens (including phenoxy) is 2. The third-order valence-electron chi connectivity index (χ3n) is 2.85. The van der Waals surface area contributed by atoms with Gasteiger partial charge in [-0.3, -0.25) is 0 Å². The minimum atomic E-state index is 0.449. The van der Waals surface area contributed by atoms with Gasteiger partial charge in [-0.15, -0.1) is 0 Å². The molecule has 0 radical (unpaired) electrons. The van der Waals surface area contributed by atoms with E-state index in [-0.39, 0.29) is 0 Å². The lowest BCUT2D eigenvalue weighted by atomic mass is 9.92. The van der Waals surface area contributed by atoms with Crippen LogP contribution in [0, 0.1) is 0 Å². The number of benzene rings is 1. The Bertz CT molecular complexity index is 401. The molecule has 0 fully saturated rings. The Labute approximate surface area is 96.2 Å². The third kappa shape index (κ3) is 2.27. The molecule has 0 N–H and O–H groups in total. The second kappa shape index (κ2) is 4.88. The normalized spacial score (nSPS) is 19.1. The van der Waals surface area contributed by atoms with Gasteiger partial charge in [0.05, 0.1) is 14.2 Å². The molecule has 84 valence electrons. The number of hydrogen-bond acceptors (Lipinski definition) is 2. The molecule has 0 aliphatic heterocycles. The monoisotopic (exact) mass is 216 g/mol. The van der Waals surface area contributed by atoms with Gasteiger partial charge in [0, 0.05) is 5.92 Å². The van der Waals surface area contributed by atoms with E-state index < -0.39 is 0 Å². The Morgan fingerprint density at radius 3 is 2.31 bits per heavy atom. The van der Waals surface area contributed by atoms with Crippen LogP contribution in [0.1, 0.15) is 17.9 Å². The van der Waals surface area contributed by atoms with Crippen LogP contribution in [0.2, 0.25) is 0 Å². The van der Waals surface area contributed by atoms with Crippen LogP contribution in [-0.2, 0) is 4.74 Å². The van der Waals surface area contributed by atoms with E-state index in [1.807, 2.05) is 18.2 Å². The maximum absolute atomic E-state index is 5.17. The van der Waals surface area contributed by atoms with E-state index >= 15 is 0 Å². The lowest BCUT2D eigenvalue weighted by molar-refractivity contribution is 0.303. The molecule has 0 bridgehead atoms. The van der Waals surface area contributed by atoms with Gasteiger partial charge in [0.2, 0.25) is 0 Å². The van der Waals surface area contributed by atoms with E-state index in [1.165, 1.54) is 5.56 Å². The fraction of sp³-hybridized carbons (Fsp3) is 0.286. The van der Waals surface area contributed by atoms with Crippen LogP contribution in [0.4, 0.5) is 0 Å². The predicted molar refractivity (Wildman–Crippen MR) is 64.6 cm³/mol. The van der Waals surface area contributed by atoms with E-state index in [0.29, 0.717) is 5.92 Å². The summed E-state index contributed by atoms with van der Waals surface area (Å²) in [4.78, 5) is 0. The maximum atomic E-state index is 5.17. The fourth-order valence-corrected chi connectivity index (χ4v) is 1.85. The molecule has 0 spiro atoms. The average molecular weight is 216 g/mol. The summed E-state index contributed by atoms with van der Waals surface area (Å²) in [6.07, 6.45) is 7.32. The van der Waals surface area contributed by atoms with Crippen molar-refractivity contribution < 1.29 is 9.47 Å². The molecule has 0 amide bonds. The Balaban J connectivity index is 2.09. The maximum Gasteiger partial charge on any atom is 0.118 e. The van der Waals surface area contributed by atoms with Crippen molar-refractivity contribution in [3.8, 4) is 5.75 Å². The molecule has 1 aliphatic carbocycles. The van der Waals surface area contributed by atoms with Crippen LogP contribution in [0.5, 0.6) is 5.75 Å². The summed E-state index contributed by atoms with van der Waals surface area (Å²) in [6, 6.07) is 8.22. The zero-order valence-corrected chi connectivity index (χ0v) is 9.64. The molecule has 2 rings (SSSR count). The second-order valence-electron chi connectivity index (χ2n) is 3.79. The third-order valence-corrected chi connectivity index (χ3v) is 2.85. The Morgan fingerprint density at radius 1 is 1.06 bits per heavy atom. The highest BCUT2D eigenvalue weighted by atomic mass is 16.5. The van der Waals surface area contributed by atoms with Gasteiger partial charge in [-0.1, -0.05) is 18.2 Å². The first-order valence-electron chi connectivity index (χ1n) is 5.40. The van der Waals surface area contributed by atoms with Crippen LogP contribution in [0.3, 0.4) is 0 Å². The highest BCUT2D eigenvalue weighted by Crippen LogP contribution is 2.28. The average Bonchev–Trinajstić information content (AvgIpc) is 2.39. The number of rotatable bonds is 3. The zero-order chi connectivity index (χ0) is 11.4. The molecule has 1 aromatic carbocycles. The minimum Gasteiger partial charge on any atom is -0.497 e. The van der Waals surface area contributed by atoms with E-state index in [2.05, 4.69) is 24.3 Å². The minimum absolute atomic E-state index is 0.449. The molecule has 0 heterocycles. The molecule has 1 unspecified atom stereocenters. The molecule has 2 heteroatoms. The molecule has 1 atom stereocenters. The van der Waals surface area contributed by atoms with Gasteiger partial charge in [-0.25, -0.2) is 0 Å². The molecule has 0 aromatic heterocycles. The molecule has 0 saturated carbocycles. The van der Waals surface area contributed by atoms with Crippen LogP contribution in [-0.4, -0.2) is 14.2 Å². The van der Waals surface area contributed by atoms with E-state index in [0.717, 1.165) is 17.9 Å². The Morgan fingerprint density at radius 2 is 1.81 bits per heavy atom. The van der Waals surface area contributed by atoms with Crippen LogP contribution < -0.4 is 4.74 Å². The first kappa shape index (κ1) is 10.8. The lowest BCUT2D eigenvalue weighted by Crippen LogP contribution is -1.99. The summed E-state index contributed by atoms with van der Waals surface area (Å²) in [5.74, 6) is 2.30. The summed E-state index contributed by atoms with van der Waals surface area (Å²) in [5, 5.41) is 0. The van der Waals surface area contributed by atoms with Gasteiger partial charge >= 0.3 is 0 Å². The first-order chi connectivity index (χ1) is 7.83. The molecular weight excluding hydrogens is 200 g/mol. The summed E-state index contributed by atoms with van der Waals surface area (Å²) < 4.78 is 10.3. The Hall–Kier alpha value is -1.70. The van der Waals surface area contributed by atoms with Crippen molar-refractivity contribution in [1.29, 1.82) is 0 Å². The van der Waals surface area contributed by atoms with Crippen molar-refractivity contribution in [2.75, 3.05) is 14.2 Å². The summed E-state index contributed by atoms with van der Waals surface area (Å²) in [7, 11) is 3.38. The summed E-state index contributed by atoms with van der Waals surface area (Å²) in [6.45, 7) is 0. The van der Waals surface area contributed by atoms with Crippen molar-refractivity contribution in [3.63, 3.8) is 0 Å². The number of allylic oxidation sites excluding steroid dienone is 3. The quantitative estimate of drug-likeness (QED) is 0.772. The van der Waals surface area contributed by atoms with Gasteiger partial charge in [-0.05, 0) is 36.3 Å². The highest BCUT2D eigenvalue weighted by molar-refractivity contribution is 5.34. The topological polar surface area (TPSA) is 18.5 Å². The molecule has 16 heavy (non-hydrogen) atoms. The van der Waals surface area contributed by atoms with Crippen molar-refractivity contribution in [2.24, 2.45) is 0 Å². The van der Waals surface area contributed by atoms with Crippen molar-refractivity contribution in [1.82, 2.24) is 0 Å². The lowest BCUT2D eigenvalue weighted by Gasteiger charge is -2.16. The molecule has 1 aromatic rings. The van der Waals surface area contributed by atoms with Gasteiger partial charge < -0.3 is 9.47 Å². The second-order valence-corrected chi connectivity index (χ2v) is 3.79. The van der Waals surface area contributed by atoms with E-state index in [4.69, 9.17) is 9.47 Å². The van der Waals surface area contributed by atoms with Crippen molar-refractivity contribution >= 4 is 0 Å². The molecule has 2 nitrogen and oxygen atoms in total. The van der Waals surface area contributed by atoms with Gasteiger partial charge in [0.1, 0.15) is 11.5 Å². The molecule has 1 aliphatic rings. The molecule has 0 saturated heterocycles. The number of methoxy groups -OCH3 is 2. The van der Waals surface area contributed by atoms with E-state index in [1.54, 1.807) is 14.2 Å². The Kier molecular flexibility index (Phi) is 3.30. The highest BCUT2D eigenvalue weighted by Gasteiger charge is 2.11.